The molecule has 0 fully saturated rings. The highest BCUT2D eigenvalue weighted by atomic mass is 35.5. The minimum Gasteiger partial charge on any atom is -0.492 e. The van der Waals surface area contributed by atoms with E-state index in [4.69, 9.17) is 16.3 Å². The lowest BCUT2D eigenvalue weighted by Crippen LogP contribution is -2.07. The normalized spacial score (nSPS) is 12.2. The molecule has 3 nitrogen and oxygen atoms in total. The summed E-state index contributed by atoms with van der Waals surface area (Å²) < 4.78 is 5.56. The number of thiazole rings is 1. The number of nitrogens with one attached hydrogen (secondary N) is 1. The van der Waals surface area contributed by atoms with Crippen LogP contribution in [0.5, 0.6) is 5.75 Å². The first kappa shape index (κ1) is 15.1. The number of anilines is 1. The van der Waals surface area contributed by atoms with E-state index in [9.17, 15) is 0 Å². The average Bonchev–Trinajstić information content (AvgIpc) is 2.85. The number of hydrogen-bond acceptors (Lipinski definition) is 4. The quantitative estimate of drug-likeness (QED) is 0.809. The molecule has 1 N–H and O–H groups in total. The Kier molecular flexibility index (Phi) is 5.26. The first-order chi connectivity index (χ1) is 9.60. The number of hydrogen-bond donors (Lipinski definition) is 1. The number of aromatic nitrogens is 1. The van der Waals surface area contributed by atoms with E-state index >= 15 is 0 Å². The van der Waals surface area contributed by atoms with Gasteiger partial charge in [-0.25, -0.2) is 4.98 Å². The lowest BCUT2D eigenvalue weighted by atomic mass is 10.2. The molecule has 0 amide bonds. The summed E-state index contributed by atoms with van der Waals surface area (Å²) in [6.07, 6.45) is 0.969. The van der Waals surface area contributed by atoms with E-state index in [0.717, 1.165) is 28.6 Å². The Hall–Kier alpha value is -1.26. The van der Waals surface area contributed by atoms with Crippen LogP contribution in [0, 0.1) is 6.92 Å². The molecule has 1 aromatic heterocycles. The van der Waals surface area contributed by atoms with Gasteiger partial charge in [-0.15, -0.1) is 11.3 Å². The maximum absolute atomic E-state index is 6.22. The van der Waals surface area contributed by atoms with Crippen molar-refractivity contribution in [3.63, 3.8) is 0 Å². The van der Waals surface area contributed by atoms with Gasteiger partial charge in [0.1, 0.15) is 5.75 Å². The summed E-state index contributed by atoms with van der Waals surface area (Å²) in [5, 5.41) is 7.18. The van der Waals surface area contributed by atoms with Crippen molar-refractivity contribution in [2.24, 2.45) is 0 Å². The van der Waals surface area contributed by atoms with Gasteiger partial charge in [-0.05, 0) is 38.5 Å². The molecule has 1 atom stereocenters. The SMILES string of the molecule is CCCOc1ccc(NC(C)c2csc(C)n2)cc1Cl. The van der Waals surface area contributed by atoms with Gasteiger partial charge in [0, 0.05) is 11.1 Å². The smallest absolute Gasteiger partial charge is 0.138 e. The van der Waals surface area contributed by atoms with Gasteiger partial charge in [0.05, 0.1) is 28.4 Å². The number of nitrogens with zero attached hydrogens (tertiary/aromatic N) is 1. The predicted octanol–water partition coefficient (Wildman–Crippen LogP) is 5.07. The summed E-state index contributed by atoms with van der Waals surface area (Å²) in [6.45, 7) is 6.85. The van der Waals surface area contributed by atoms with E-state index in [1.165, 1.54) is 0 Å². The van der Waals surface area contributed by atoms with Crippen LogP contribution in [0.3, 0.4) is 0 Å². The van der Waals surface area contributed by atoms with Crippen LogP contribution in [0.2, 0.25) is 5.02 Å². The van der Waals surface area contributed by atoms with Crippen molar-refractivity contribution in [2.45, 2.75) is 33.2 Å². The monoisotopic (exact) mass is 310 g/mol. The molecule has 0 aliphatic carbocycles. The Labute approximate surface area is 129 Å². The van der Waals surface area contributed by atoms with Crippen LogP contribution in [0.15, 0.2) is 23.6 Å². The van der Waals surface area contributed by atoms with E-state index < -0.39 is 0 Å². The molecule has 0 bridgehead atoms. The lowest BCUT2D eigenvalue weighted by Gasteiger charge is -2.14. The first-order valence-corrected chi connectivity index (χ1v) is 7.96. The van der Waals surface area contributed by atoms with Crippen LogP contribution in [-0.4, -0.2) is 11.6 Å². The lowest BCUT2D eigenvalue weighted by molar-refractivity contribution is 0.317. The third kappa shape index (κ3) is 3.87. The van der Waals surface area contributed by atoms with E-state index in [1.54, 1.807) is 11.3 Å². The Morgan fingerprint density at radius 1 is 1.45 bits per heavy atom. The highest BCUT2D eigenvalue weighted by molar-refractivity contribution is 7.09. The second-order valence-electron chi connectivity index (χ2n) is 4.65. The molecule has 108 valence electrons. The molecule has 1 heterocycles. The number of ether oxygens (including phenoxy) is 1. The summed E-state index contributed by atoms with van der Waals surface area (Å²) in [6, 6.07) is 5.92. The van der Waals surface area contributed by atoms with Gasteiger partial charge in [-0.3, -0.25) is 0 Å². The topological polar surface area (TPSA) is 34.1 Å². The van der Waals surface area contributed by atoms with E-state index in [-0.39, 0.29) is 6.04 Å². The van der Waals surface area contributed by atoms with Crippen molar-refractivity contribution in [2.75, 3.05) is 11.9 Å². The molecule has 0 spiro atoms. The molecular weight excluding hydrogens is 292 g/mol. The summed E-state index contributed by atoms with van der Waals surface area (Å²) in [7, 11) is 0. The van der Waals surface area contributed by atoms with Crippen LogP contribution in [-0.2, 0) is 0 Å². The fourth-order valence-electron chi connectivity index (χ4n) is 1.82. The second-order valence-corrected chi connectivity index (χ2v) is 6.12. The summed E-state index contributed by atoms with van der Waals surface area (Å²) in [5.41, 5.74) is 2.02. The molecule has 0 radical (unpaired) electrons. The van der Waals surface area contributed by atoms with Gasteiger partial charge in [-0.1, -0.05) is 18.5 Å². The van der Waals surface area contributed by atoms with Crippen molar-refractivity contribution < 1.29 is 4.74 Å². The second kappa shape index (κ2) is 6.95. The summed E-state index contributed by atoms with van der Waals surface area (Å²) in [5.74, 6) is 0.733. The van der Waals surface area contributed by atoms with E-state index in [2.05, 4.69) is 29.5 Å². The van der Waals surface area contributed by atoms with Gasteiger partial charge in [0.15, 0.2) is 0 Å². The molecule has 0 aliphatic rings. The minimum absolute atomic E-state index is 0.151. The number of rotatable bonds is 6. The Bertz CT molecular complexity index is 571. The molecule has 5 heteroatoms. The van der Waals surface area contributed by atoms with Gasteiger partial charge in [0.2, 0.25) is 0 Å². The van der Waals surface area contributed by atoms with Gasteiger partial charge < -0.3 is 10.1 Å². The minimum atomic E-state index is 0.151. The molecular formula is C15H19ClN2OS. The first-order valence-electron chi connectivity index (χ1n) is 6.71. The number of halogens is 1. The molecule has 2 aromatic rings. The van der Waals surface area contributed by atoms with Crippen LogP contribution >= 0.6 is 22.9 Å². The largest absolute Gasteiger partial charge is 0.492 e. The van der Waals surface area contributed by atoms with E-state index in [1.807, 2.05) is 25.1 Å². The Balaban J connectivity index is 2.04. The molecule has 0 aliphatic heterocycles. The number of benzene rings is 1. The summed E-state index contributed by atoms with van der Waals surface area (Å²) >= 11 is 7.88. The van der Waals surface area contributed by atoms with Crippen LogP contribution in [0.4, 0.5) is 5.69 Å². The third-order valence-corrected chi connectivity index (χ3v) is 3.94. The average molecular weight is 311 g/mol. The predicted molar refractivity (Wildman–Crippen MR) is 86.1 cm³/mol. The highest BCUT2D eigenvalue weighted by Crippen LogP contribution is 2.29. The molecule has 20 heavy (non-hydrogen) atoms. The van der Waals surface area contributed by atoms with Crippen molar-refractivity contribution in [3.05, 3.63) is 39.3 Å². The van der Waals surface area contributed by atoms with Crippen LogP contribution in [0.1, 0.15) is 37.0 Å². The zero-order valence-corrected chi connectivity index (χ0v) is 13.5. The maximum atomic E-state index is 6.22. The Morgan fingerprint density at radius 2 is 2.25 bits per heavy atom. The van der Waals surface area contributed by atoms with Crippen molar-refractivity contribution in [1.82, 2.24) is 4.98 Å². The fraction of sp³-hybridized carbons (Fsp3) is 0.400. The molecule has 1 aromatic carbocycles. The van der Waals surface area contributed by atoms with Gasteiger partial charge in [-0.2, -0.15) is 0 Å². The van der Waals surface area contributed by atoms with Gasteiger partial charge >= 0.3 is 0 Å². The molecule has 1 unspecified atom stereocenters. The van der Waals surface area contributed by atoms with Crippen LogP contribution < -0.4 is 10.1 Å². The van der Waals surface area contributed by atoms with Crippen molar-refractivity contribution >= 4 is 28.6 Å². The van der Waals surface area contributed by atoms with Crippen LogP contribution in [0.25, 0.3) is 0 Å². The third-order valence-electron chi connectivity index (χ3n) is 2.86. The molecule has 0 saturated heterocycles. The molecule has 2 rings (SSSR count). The highest BCUT2D eigenvalue weighted by Gasteiger charge is 2.10. The molecule has 0 saturated carbocycles. The summed E-state index contributed by atoms with van der Waals surface area (Å²) in [4.78, 5) is 4.49. The Morgan fingerprint density at radius 3 is 2.85 bits per heavy atom. The standard InChI is InChI=1S/C15H19ClN2OS/c1-4-7-19-15-6-5-12(8-13(15)16)17-10(2)14-9-20-11(3)18-14/h5-6,8-10,17H,4,7H2,1-3H3. The number of aryl methyl sites for hydroxylation is 1. The zero-order chi connectivity index (χ0) is 14.5. The van der Waals surface area contributed by atoms with Gasteiger partial charge in [0.25, 0.3) is 0 Å². The van der Waals surface area contributed by atoms with Crippen molar-refractivity contribution in [1.29, 1.82) is 0 Å². The van der Waals surface area contributed by atoms with Crippen molar-refractivity contribution in [3.8, 4) is 5.75 Å². The fourth-order valence-corrected chi connectivity index (χ4v) is 2.76. The maximum Gasteiger partial charge on any atom is 0.138 e. The van der Waals surface area contributed by atoms with E-state index in [0.29, 0.717) is 11.6 Å². The zero-order valence-electron chi connectivity index (χ0n) is 11.9.